The molecule has 3 rings (SSSR count). The Labute approximate surface area is 143 Å². The Hall–Kier alpha value is -2.67. The predicted molar refractivity (Wildman–Crippen MR) is 85.7 cm³/mol. The summed E-state index contributed by atoms with van der Waals surface area (Å²) in [6.45, 7) is 0. The van der Waals surface area contributed by atoms with Crippen LogP contribution in [-0.4, -0.2) is 10.2 Å². The normalized spacial score (nSPS) is 11.6. The molecule has 1 heterocycles. The molecule has 0 radical (unpaired) electrons. The second-order valence-electron chi connectivity index (χ2n) is 5.18. The minimum atomic E-state index is -4.49. The molecule has 0 saturated heterocycles. The highest BCUT2D eigenvalue weighted by Gasteiger charge is 2.30. The number of nitrogens with zero attached hydrogens (tertiary/aromatic N) is 1. The molecule has 1 aromatic heterocycles. The summed E-state index contributed by atoms with van der Waals surface area (Å²) in [5.41, 5.74) is -0.844. The lowest BCUT2D eigenvalue weighted by molar-refractivity contribution is -0.137. The molecule has 8 heteroatoms. The van der Waals surface area contributed by atoms with Crippen molar-refractivity contribution in [2.45, 2.75) is 6.18 Å². The van der Waals surface area contributed by atoms with Crippen molar-refractivity contribution in [1.29, 1.82) is 0 Å². The lowest BCUT2D eigenvalue weighted by Crippen LogP contribution is -2.13. The highest BCUT2D eigenvalue weighted by atomic mass is 35.5. The van der Waals surface area contributed by atoms with Gasteiger partial charge in [-0.1, -0.05) is 35.9 Å². The molecule has 1 N–H and O–H groups in total. The number of H-pyrrole nitrogens is 1. The summed E-state index contributed by atoms with van der Waals surface area (Å²) in [5.74, 6) is -0.549. The van der Waals surface area contributed by atoms with Gasteiger partial charge in [0.1, 0.15) is 5.82 Å². The fourth-order valence-corrected chi connectivity index (χ4v) is 2.68. The van der Waals surface area contributed by atoms with Crippen LogP contribution in [0.5, 0.6) is 0 Å². The van der Waals surface area contributed by atoms with Crippen molar-refractivity contribution in [3.63, 3.8) is 0 Å². The minimum Gasteiger partial charge on any atom is -0.267 e. The Morgan fingerprint density at radius 3 is 2.24 bits per heavy atom. The Morgan fingerprint density at radius 2 is 1.64 bits per heavy atom. The van der Waals surface area contributed by atoms with E-state index in [0.29, 0.717) is 5.56 Å². The molecule has 0 fully saturated rings. The van der Waals surface area contributed by atoms with Crippen LogP contribution >= 0.6 is 11.6 Å². The monoisotopic (exact) mass is 368 g/mol. The molecule has 0 bridgehead atoms. The SMILES string of the molecule is O=c1[nH]nc(Cl)c(-c2cccc(F)c2)c1-c1ccc(C(F)(F)F)cc1. The number of hydrogen-bond acceptors (Lipinski definition) is 2. The van der Waals surface area contributed by atoms with Gasteiger partial charge in [-0.3, -0.25) is 4.79 Å². The van der Waals surface area contributed by atoms with Crippen LogP contribution in [0.25, 0.3) is 22.3 Å². The predicted octanol–water partition coefficient (Wildman–Crippen LogP) is 4.92. The molecule has 0 aliphatic heterocycles. The molecule has 0 aliphatic carbocycles. The van der Waals surface area contributed by atoms with E-state index in [1.165, 1.54) is 18.2 Å². The van der Waals surface area contributed by atoms with Crippen LogP contribution in [0.2, 0.25) is 5.15 Å². The van der Waals surface area contributed by atoms with E-state index in [1.807, 2.05) is 0 Å². The van der Waals surface area contributed by atoms with Crippen LogP contribution in [-0.2, 0) is 6.18 Å². The zero-order valence-corrected chi connectivity index (χ0v) is 13.1. The molecule has 0 amide bonds. The first-order valence-corrected chi connectivity index (χ1v) is 7.37. The summed E-state index contributed by atoms with van der Waals surface area (Å²) in [6, 6.07) is 9.37. The van der Waals surface area contributed by atoms with Gasteiger partial charge in [-0.05, 0) is 35.4 Å². The summed E-state index contributed by atoms with van der Waals surface area (Å²) >= 11 is 6.06. The van der Waals surface area contributed by atoms with Crippen molar-refractivity contribution in [2.75, 3.05) is 0 Å². The Bertz CT molecular complexity index is 981. The molecule has 2 aromatic carbocycles. The molecule has 0 atom stereocenters. The maximum atomic E-state index is 13.5. The second-order valence-corrected chi connectivity index (χ2v) is 5.54. The van der Waals surface area contributed by atoms with Gasteiger partial charge in [0.25, 0.3) is 5.56 Å². The Morgan fingerprint density at radius 1 is 0.960 bits per heavy atom. The van der Waals surface area contributed by atoms with Crippen molar-refractivity contribution < 1.29 is 17.6 Å². The van der Waals surface area contributed by atoms with E-state index < -0.39 is 23.1 Å². The second kappa shape index (κ2) is 6.33. The number of alkyl halides is 3. The number of halogens is 5. The highest BCUT2D eigenvalue weighted by Crippen LogP contribution is 2.35. The zero-order chi connectivity index (χ0) is 18.2. The lowest BCUT2D eigenvalue weighted by Gasteiger charge is -2.12. The van der Waals surface area contributed by atoms with Gasteiger partial charge in [-0.15, -0.1) is 0 Å². The van der Waals surface area contributed by atoms with Gasteiger partial charge in [0, 0.05) is 5.56 Å². The van der Waals surface area contributed by atoms with Crippen LogP contribution in [0.15, 0.2) is 53.3 Å². The van der Waals surface area contributed by atoms with Gasteiger partial charge in [0.15, 0.2) is 5.15 Å². The fraction of sp³-hybridized carbons (Fsp3) is 0.0588. The van der Waals surface area contributed by atoms with Gasteiger partial charge >= 0.3 is 6.18 Å². The third-order valence-electron chi connectivity index (χ3n) is 3.55. The van der Waals surface area contributed by atoms with Crippen LogP contribution < -0.4 is 5.56 Å². The fourth-order valence-electron chi connectivity index (χ4n) is 2.44. The first-order valence-electron chi connectivity index (χ1n) is 6.99. The Kier molecular flexibility index (Phi) is 4.34. The van der Waals surface area contributed by atoms with Crippen LogP contribution in [0.4, 0.5) is 17.6 Å². The smallest absolute Gasteiger partial charge is 0.267 e. The number of aromatic amines is 1. The van der Waals surface area contributed by atoms with E-state index in [4.69, 9.17) is 11.6 Å². The number of aromatic nitrogens is 2. The number of benzene rings is 2. The first kappa shape index (κ1) is 17.2. The van der Waals surface area contributed by atoms with Gasteiger partial charge < -0.3 is 0 Å². The van der Waals surface area contributed by atoms with Gasteiger partial charge in [0.2, 0.25) is 0 Å². The van der Waals surface area contributed by atoms with E-state index >= 15 is 0 Å². The molecule has 0 saturated carbocycles. The summed E-state index contributed by atoms with van der Waals surface area (Å²) in [4.78, 5) is 12.2. The van der Waals surface area contributed by atoms with Gasteiger partial charge in [-0.2, -0.15) is 18.3 Å². The topological polar surface area (TPSA) is 45.8 Å². The molecule has 3 nitrogen and oxygen atoms in total. The van der Waals surface area contributed by atoms with Crippen LogP contribution in [0, 0.1) is 5.82 Å². The average Bonchev–Trinajstić information content (AvgIpc) is 2.56. The first-order chi connectivity index (χ1) is 11.8. The van der Waals surface area contributed by atoms with Crippen molar-refractivity contribution in [1.82, 2.24) is 10.2 Å². The van der Waals surface area contributed by atoms with E-state index in [-0.39, 0.29) is 21.8 Å². The van der Waals surface area contributed by atoms with Gasteiger partial charge in [-0.25, -0.2) is 9.49 Å². The summed E-state index contributed by atoms with van der Waals surface area (Å²) in [5, 5.41) is 5.74. The largest absolute Gasteiger partial charge is 0.416 e. The number of hydrogen-bond donors (Lipinski definition) is 1. The molecule has 0 spiro atoms. The molecule has 0 unspecified atom stereocenters. The van der Waals surface area contributed by atoms with Crippen molar-refractivity contribution in [3.8, 4) is 22.3 Å². The van der Waals surface area contributed by atoms with Crippen molar-refractivity contribution in [3.05, 3.63) is 75.4 Å². The molecule has 128 valence electrons. The van der Waals surface area contributed by atoms with Crippen molar-refractivity contribution >= 4 is 11.6 Å². The Balaban J connectivity index is 2.23. The number of nitrogens with one attached hydrogen (secondary N) is 1. The summed E-state index contributed by atoms with van der Waals surface area (Å²) in [6.07, 6.45) is -4.49. The van der Waals surface area contributed by atoms with E-state index in [1.54, 1.807) is 0 Å². The van der Waals surface area contributed by atoms with E-state index in [0.717, 1.165) is 30.3 Å². The van der Waals surface area contributed by atoms with Crippen LogP contribution in [0.3, 0.4) is 0 Å². The molecule has 25 heavy (non-hydrogen) atoms. The van der Waals surface area contributed by atoms with Crippen molar-refractivity contribution in [2.24, 2.45) is 0 Å². The molecular weight excluding hydrogens is 360 g/mol. The average molecular weight is 369 g/mol. The minimum absolute atomic E-state index is 0.0133. The quantitative estimate of drug-likeness (QED) is 0.653. The van der Waals surface area contributed by atoms with E-state index in [2.05, 4.69) is 10.2 Å². The standard InChI is InChI=1S/C17H9ClF4N2O/c18-15-13(10-2-1-3-12(19)8-10)14(16(25)24-23-15)9-4-6-11(7-5-9)17(20,21)22/h1-8H,(H,24,25). The summed E-state index contributed by atoms with van der Waals surface area (Å²) < 4.78 is 51.7. The lowest BCUT2D eigenvalue weighted by atomic mass is 9.96. The zero-order valence-electron chi connectivity index (χ0n) is 12.4. The molecule has 0 aliphatic rings. The highest BCUT2D eigenvalue weighted by molar-refractivity contribution is 6.32. The summed E-state index contributed by atoms with van der Waals surface area (Å²) in [7, 11) is 0. The maximum Gasteiger partial charge on any atom is 0.416 e. The maximum absolute atomic E-state index is 13.5. The third kappa shape index (κ3) is 3.41. The van der Waals surface area contributed by atoms with E-state index in [9.17, 15) is 22.4 Å². The third-order valence-corrected chi connectivity index (χ3v) is 3.83. The van der Waals surface area contributed by atoms with Gasteiger partial charge in [0.05, 0.1) is 11.1 Å². The number of rotatable bonds is 2. The molecule has 3 aromatic rings. The molecular formula is C17H9ClF4N2O. The van der Waals surface area contributed by atoms with Crippen LogP contribution in [0.1, 0.15) is 5.56 Å².